The maximum atomic E-state index is 13.3. The first-order valence-corrected chi connectivity index (χ1v) is 8.49. The summed E-state index contributed by atoms with van der Waals surface area (Å²) in [5.74, 6) is 0.0455. The fraction of sp³-hybridized carbons (Fsp3) is 0.611. The van der Waals surface area contributed by atoms with Crippen molar-refractivity contribution in [3.63, 3.8) is 0 Å². The second kappa shape index (κ2) is 6.97. The van der Waals surface area contributed by atoms with Gasteiger partial charge in [-0.2, -0.15) is 0 Å². The summed E-state index contributed by atoms with van der Waals surface area (Å²) in [6, 6.07) is 6.80. The highest BCUT2D eigenvalue weighted by molar-refractivity contribution is 5.75. The number of rotatable bonds is 3. The van der Waals surface area contributed by atoms with E-state index in [0.717, 1.165) is 51.1 Å². The Balaban J connectivity index is 1.59. The van der Waals surface area contributed by atoms with E-state index in [4.69, 9.17) is 4.74 Å². The Hall–Kier alpha value is -1.46. The lowest BCUT2D eigenvalue weighted by atomic mass is 9.89. The quantitative estimate of drug-likeness (QED) is 0.857. The van der Waals surface area contributed by atoms with Gasteiger partial charge in [-0.05, 0) is 30.5 Å². The van der Waals surface area contributed by atoms with Gasteiger partial charge in [-0.25, -0.2) is 4.39 Å². The van der Waals surface area contributed by atoms with E-state index >= 15 is 0 Å². The topological polar surface area (TPSA) is 32.8 Å². The van der Waals surface area contributed by atoms with Gasteiger partial charge in [0.1, 0.15) is 5.82 Å². The van der Waals surface area contributed by atoms with Gasteiger partial charge in [0.15, 0.2) is 0 Å². The number of hydrogen-bond acceptors (Lipinski definition) is 3. The summed E-state index contributed by atoms with van der Waals surface area (Å²) in [7, 11) is 0. The van der Waals surface area contributed by atoms with Crippen molar-refractivity contribution in [3.8, 4) is 0 Å². The lowest BCUT2D eigenvalue weighted by Gasteiger charge is -2.47. The van der Waals surface area contributed by atoms with Gasteiger partial charge in [-0.1, -0.05) is 19.1 Å². The van der Waals surface area contributed by atoms with E-state index in [2.05, 4.69) is 4.90 Å². The molecule has 2 heterocycles. The number of halogens is 1. The molecule has 0 radical (unpaired) electrons. The summed E-state index contributed by atoms with van der Waals surface area (Å²) in [6.45, 7) is 6.65. The molecular weight excluding hydrogens is 295 g/mol. The lowest BCUT2D eigenvalue weighted by molar-refractivity contribution is -0.151. The number of piperidine rings is 1. The first-order chi connectivity index (χ1) is 11.1. The second-order valence-electron chi connectivity index (χ2n) is 6.61. The standard InChI is InChI=1S/C18H25FN2O2/c1-2-17(22)21-8-6-18(7-9-21)14-20(10-11-23-18)13-15-4-3-5-16(19)12-15/h3-5,12H,2,6-11,13-14H2,1H3. The molecule has 0 aliphatic carbocycles. The number of benzene rings is 1. The summed E-state index contributed by atoms with van der Waals surface area (Å²) in [6.07, 6.45) is 2.34. The molecule has 2 aliphatic heterocycles. The van der Waals surface area contributed by atoms with Gasteiger partial charge >= 0.3 is 0 Å². The van der Waals surface area contributed by atoms with E-state index in [9.17, 15) is 9.18 Å². The third kappa shape index (κ3) is 3.90. The van der Waals surface area contributed by atoms with Gasteiger partial charge < -0.3 is 9.64 Å². The molecule has 5 heteroatoms. The Morgan fingerprint density at radius 2 is 2.09 bits per heavy atom. The molecule has 1 spiro atoms. The number of nitrogens with zero attached hydrogens (tertiary/aromatic N) is 2. The third-order valence-electron chi connectivity index (χ3n) is 4.95. The number of carbonyl (C=O) groups is 1. The van der Waals surface area contributed by atoms with Gasteiger partial charge in [0.25, 0.3) is 0 Å². The van der Waals surface area contributed by atoms with Crippen LogP contribution < -0.4 is 0 Å². The van der Waals surface area contributed by atoms with Crippen molar-refractivity contribution in [1.29, 1.82) is 0 Å². The smallest absolute Gasteiger partial charge is 0.222 e. The predicted molar refractivity (Wildman–Crippen MR) is 86.5 cm³/mol. The first-order valence-electron chi connectivity index (χ1n) is 8.49. The van der Waals surface area contributed by atoms with E-state index in [1.54, 1.807) is 12.1 Å². The van der Waals surface area contributed by atoms with Crippen molar-refractivity contribution in [2.45, 2.75) is 38.3 Å². The molecule has 1 aromatic carbocycles. The molecule has 0 bridgehead atoms. The molecule has 0 atom stereocenters. The molecule has 2 aliphatic rings. The van der Waals surface area contributed by atoms with Crippen LogP contribution in [-0.4, -0.2) is 54.1 Å². The summed E-state index contributed by atoms with van der Waals surface area (Å²) in [4.78, 5) is 16.1. The van der Waals surface area contributed by atoms with Crippen molar-refractivity contribution in [2.24, 2.45) is 0 Å². The molecule has 0 saturated carbocycles. The Morgan fingerprint density at radius 3 is 2.78 bits per heavy atom. The molecule has 23 heavy (non-hydrogen) atoms. The molecule has 0 N–H and O–H groups in total. The monoisotopic (exact) mass is 320 g/mol. The van der Waals surface area contributed by atoms with E-state index in [-0.39, 0.29) is 17.3 Å². The van der Waals surface area contributed by atoms with Gasteiger partial charge in [-0.15, -0.1) is 0 Å². The average molecular weight is 320 g/mol. The Morgan fingerprint density at radius 1 is 1.30 bits per heavy atom. The number of carbonyl (C=O) groups excluding carboxylic acids is 1. The van der Waals surface area contributed by atoms with Gasteiger partial charge in [0, 0.05) is 39.1 Å². The normalized spacial score (nSPS) is 21.6. The highest BCUT2D eigenvalue weighted by atomic mass is 19.1. The molecule has 4 nitrogen and oxygen atoms in total. The van der Waals surface area contributed by atoms with Crippen LogP contribution in [0.5, 0.6) is 0 Å². The molecule has 2 fully saturated rings. The molecule has 1 amide bonds. The number of likely N-dealkylation sites (tertiary alicyclic amines) is 1. The predicted octanol–water partition coefficient (Wildman–Crippen LogP) is 2.43. The highest BCUT2D eigenvalue weighted by Gasteiger charge is 2.40. The number of amides is 1. The van der Waals surface area contributed by atoms with Crippen molar-refractivity contribution < 1.29 is 13.9 Å². The van der Waals surface area contributed by atoms with Crippen molar-refractivity contribution in [1.82, 2.24) is 9.80 Å². The van der Waals surface area contributed by atoms with Crippen LogP contribution >= 0.6 is 0 Å². The van der Waals surface area contributed by atoms with E-state index in [0.29, 0.717) is 13.0 Å². The van der Waals surface area contributed by atoms with Crippen LogP contribution in [0.3, 0.4) is 0 Å². The minimum Gasteiger partial charge on any atom is -0.372 e. The molecule has 3 rings (SSSR count). The van der Waals surface area contributed by atoms with Crippen LogP contribution in [0.1, 0.15) is 31.7 Å². The van der Waals surface area contributed by atoms with Crippen molar-refractivity contribution in [2.75, 3.05) is 32.8 Å². The molecule has 0 unspecified atom stereocenters. The summed E-state index contributed by atoms with van der Waals surface area (Å²) < 4.78 is 19.4. The summed E-state index contributed by atoms with van der Waals surface area (Å²) in [5.41, 5.74) is 0.858. The van der Waals surface area contributed by atoms with Crippen LogP contribution in [0.4, 0.5) is 4.39 Å². The van der Waals surface area contributed by atoms with Crippen LogP contribution in [0.15, 0.2) is 24.3 Å². The van der Waals surface area contributed by atoms with Gasteiger partial charge in [0.05, 0.1) is 12.2 Å². The Kier molecular flexibility index (Phi) is 4.97. The largest absolute Gasteiger partial charge is 0.372 e. The third-order valence-corrected chi connectivity index (χ3v) is 4.95. The Bertz CT molecular complexity index is 556. The Labute approximate surface area is 137 Å². The molecule has 2 saturated heterocycles. The van der Waals surface area contributed by atoms with Crippen LogP contribution in [0.25, 0.3) is 0 Å². The maximum absolute atomic E-state index is 13.3. The summed E-state index contributed by atoms with van der Waals surface area (Å²) >= 11 is 0. The fourth-order valence-electron chi connectivity index (χ4n) is 3.64. The van der Waals surface area contributed by atoms with Crippen molar-refractivity contribution >= 4 is 5.91 Å². The number of morpholine rings is 1. The SMILES string of the molecule is CCC(=O)N1CCC2(CC1)CN(Cc1cccc(F)c1)CCO2. The molecular formula is C18H25FN2O2. The summed E-state index contributed by atoms with van der Waals surface area (Å²) in [5, 5.41) is 0. The van der Waals surface area contributed by atoms with Gasteiger partial charge in [-0.3, -0.25) is 9.69 Å². The number of hydrogen-bond donors (Lipinski definition) is 0. The van der Waals surface area contributed by atoms with Gasteiger partial charge in [0.2, 0.25) is 5.91 Å². The fourth-order valence-corrected chi connectivity index (χ4v) is 3.64. The minimum atomic E-state index is -0.183. The molecule has 0 aromatic heterocycles. The number of ether oxygens (including phenoxy) is 1. The maximum Gasteiger partial charge on any atom is 0.222 e. The van der Waals surface area contributed by atoms with E-state index in [1.807, 2.05) is 17.9 Å². The first kappa shape index (κ1) is 16.4. The van der Waals surface area contributed by atoms with Crippen LogP contribution in [0, 0.1) is 5.82 Å². The average Bonchev–Trinajstić information content (AvgIpc) is 2.55. The van der Waals surface area contributed by atoms with Crippen LogP contribution in [0.2, 0.25) is 0 Å². The van der Waals surface area contributed by atoms with E-state index < -0.39 is 0 Å². The lowest BCUT2D eigenvalue weighted by Crippen LogP contribution is -2.57. The second-order valence-corrected chi connectivity index (χ2v) is 6.61. The molecule has 1 aromatic rings. The zero-order valence-corrected chi connectivity index (χ0v) is 13.8. The zero-order valence-electron chi connectivity index (χ0n) is 13.8. The minimum absolute atomic E-state index is 0.143. The zero-order chi connectivity index (χ0) is 16.3. The van der Waals surface area contributed by atoms with Crippen molar-refractivity contribution in [3.05, 3.63) is 35.6 Å². The van der Waals surface area contributed by atoms with E-state index in [1.165, 1.54) is 6.07 Å². The highest BCUT2D eigenvalue weighted by Crippen LogP contribution is 2.31. The van der Waals surface area contributed by atoms with Crippen LogP contribution in [-0.2, 0) is 16.1 Å². The molecule has 126 valence electrons.